The maximum absolute atomic E-state index is 12.8. The zero-order chi connectivity index (χ0) is 11.4. The summed E-state index contributed by atoms with van der Waals surface area (Å²) >= 11 is 0. The first-order chi connectivity index (χ1) is 7.11. The molecule has 0 bridgehead atoms. The Hall–Kier alpha value is -1.04. The van der Waals surface area contributed by atoms with E-state index < -0.39 is 6.43 Å². The summed E-state index contributed by atoms with van der Waals surface area (Å²) in [5.74, 6) is 0. The number of nitrogens with two attached hydrogens (primary N) is 1. The third kappa shape index (κ3) is 2.50. The van der Waals surface area contributed by atoms with Gasteiger partial charge in [-0.3, -0.25) is 0 Å². The molecule has 0 aromatic carbocycles. The van der Waals surface area contributed by atoms with E-state index in [1.54, 1.807) is 0 Å². The molecule has 0 radical (unpaired) electrons. The maximum atomic E-state index is 12.8. The highest BCUT2D eigenvalue weighted by atomic mass is 19.3. The van der Waals surface area contributed by atoms with Crippen LogP contribution in [0.4, 0.5) is 8.78 Å². The van der Waals surface area contributed by atoms with Crippen LogP contribution in [0, 0.1) is 0 Å². The van der Waals surface area contributed by atoms with Gasteiger partial charge >= 0.3 is 0 Å². The minimum absolute atomic E-state index is 0.0620. The van der Waals surface area contributed by atoms with E-state index in [9.17, 15) is 8.78 Å². The summed E-state index contributed by atoms with van der Waals surface area (Å²) in [7, 11) is 0. The molecule has 1 aromatic rings. The monoisotopic (exact) mass is 218 g/mol. The van der Waals surface area contributed by atoms with Crippen molar-refractivity contribution >= 4 is 0 Å². The second kappa shape index (κ2) is 5.16. The quantitative estimate of drug-likeness (QED) is 0.818. The number of alkyl halides is 2. The Labute approximate surface area is 87.5 Å². The van der Waals surface area contributed by atoms with Gasteiger partial charge in [-0.2, -0.15) is 0 Å². The van der Waals surface area contributed by atoms with E-state index in [1.165, 1.54) is 4.68 Å². The van der Waals surface area contributed by atoms with E-state index in [-0.39, 0.29) is 11.7 Å². The third-order valence-corrected chi connectivity index (χ3v) is 2.40. The van der Waals surface area contributed by atoms with Crippen LogP contribution < -0.4 is 5.73 Å². The van der Waals surface area contributed by atoms with Crippen molar-refractivity contribution in [3.05, 3.63) is 11.4 Å². The van der Waals surface area contributed by atoms with E-state index in [2.05, 4.69) is 10.3 Å². The van der Waals surface area contributed by atoms with Crippen LogP contribution in [-0.4, -0.2) is 21.5 Å². The molecule has 0 aliphatic carbocycles. The molecule has 1 unspecified atom stereocenters. The fourth-order valence-corrected chi connectivity index (χ4v) is 1.37. The van der Waals surface area contributed by atoms with Crippen molar-refractivity contribution in [3.63, 3.8) is 0 Å². The molecular formula is C9H16F2N4. The van der Waals surface area contributed by atoms with Crippen LogP contribution in [0.25, 0.3) is 0 Å². The van der Waals surface area contributed by atoms with Crippen LogP contribution in [-0.2, 0) is 6.42 Å². The first-order valence-electron chi connectivity index (χ1n) is 5.04. The van der Waals surface area contributed by atoms with Crippen molar-refractivity contribution in [2.75, 3.05) is 6.54 Å². The molecule has 15 heavy (non-hydrogen) atoms. The summed E-state index contributed by atoms with van der Waals surface area (Å²) in [4.78, 5) is 0. The molecule has 4 nitrogen and oxygen atoms in total. The Morgan fingerprint density at radius 3 is 2.60 bits per heavy atom. The Morgan fingerprint density at radius 2 is 2.13 bits per heavy atom. The van der Waals surface area contributed by atoms with Gasteiger partial charge in [0.15, 0.2) is 0 Å². The van der Waals surface area contributed by atoms with Gasteiger partial charge in [0.2, 0.25) is 0 Å². The number of hydrogen-bond acceptors (Lipinski definition) is 3. The lowest BCUT2D eigenvalue weighted by Gasteiger charge is -2.12. The number of rotatable bonds is 5. The van der Waals surface area contributed by atoms with Crippen molar-refractivity contribution in [2.45, 2.75) is 39.2 Å². The summed E-state index contributed by atoms with van der Waals surface area (Å²) in [5, 5.41) is 7.51. The highest BCUT2D eigenvalue weighted by Gasteiger charge is 2.23. The molecule has 1 aromatic heterocycles. The van der Waals surface area contributed by atoms with E-state index in [0.29, 0.717) is 18.7 Å². The Morgan fingerprint density at radius 1 is 1.47 bits per heavy atom. The second-order valence-corrected chi connectivity index (χ2v) is 3.46. The highest BCUT2D eigenvalue weighted by Crippen LogP contribution is 2.25. The second-order valence-electron chi connectivity index (χ2n) is 3.46. The standard InChI is InChI=1S/C9H16F2N4/c1-3-6(2)15-8(9(10)11)7(4-5-12)13-14-15/h6,9H,3-5,12H2,1-2H3. The van der Waals surface area contributed by atoms with Crippen molar-refractivity contribution in [1.29, 1.82) is 0 Å². The van der Waals surface area contributed by atoms with E-state index in [0.717, 1.165) is 6.42 Å². The normalized spacial score (nSPS) is 13.5. The summed E-state index contributed by atoms with van der Waals surface area (Å²) in [5.41, 5.74) is 5.55. The topological polar surface area (TPSA) is 56.7 Å². The number of halogens is 2. The number of aromatic nitrogens is 3. The molecule has 0 aliphatic rings. The van der Waals surface area contributed by atoms with Gasteiger partial charge < -0.3 is 5.73 Å². The minimum atomic E-state index is -2.55. The van der Waals surface area contributed by atoms with Crippen molar-refractivity contribution in [2.24, 2.45) is 5.73 Å². The zero-order valence-electron chi connectivity index (χ0n) is 8.95. The number of nitrogens with zero attached hydrogens (tertiary/aromatic N) is 3. The molecule has 0 amide bonds. The molecule has 1 rings (SSSR count). The molecule has 0 aliphatic heterocycles. The van der Waals surface area contributed by atoms with Gasteiger partial charge in [-0.25, -0.2) is 13.5 Å². The lowest BCUT2D eigenvalue weighted by Crippen LogP contribution is -2.12. The van der Waals surface area contributed by atoms with Gasteiger partial charge in [0.05, 0.1) is 11.7 Å². The smallest absolute Gasteiger partial charge is 0.281 e. The van der Waals surface area contributed by atoms with Crippen LogP contribution in [0.3, 0.4) is 0 Å². The van der Waals surface area contributed by atoms with Crippen LogP contribution in [0.2, 0.25) is 0 Å². The molecule has 0 spiro atoms. The van der Waals surface area contributed by atoms with E-state index in [4.69, 9.17) is 5.73 Å². The molecule has 2 N–H and O–H groups in total. The van der Waals surface area contributed by atoms with Crippen LogP contribution in [0.5, 0.6) is 0 Å². The highest BCUT2D eigenvalue weighted by molar-refractivity contribution is 5.12. The summed E-state index contributed by atoms with van der Waals surface area (Å²) < 4.78 is 26.9. The molecule has 0 fully saturated rings. The fraction of sp³-hybridized carbons (Fsp3) is 0.778. The minimum Gasteiger partial charge on any atom is -0.330 e. The summed E-state index contributed by atoms with van der Waals surface area (Å²) in [6.45, 7) is 4.07. The van der Waals surface area contributed by atoms with Gasteiger partial charge in [0.25, 0.3) is 6.43 Å². The Kier molecular flexibility index (Phi) is 4.14. The first-order valence-corrected chi connectivity index (χ1v) is 5.04. The molecule has 0 saturated carbocycles. The van der Waals surface area contributed by atoms with Crippen molar-refractivity contribution in [3.8, 4) is 0 Å². The molecule has 0 saturated heterocycles. The average molecular weight is 218 g/mol. The fourth-order valence-electron chi connectivity index (χ4n) is 1.37. The SMILES string of the molecule is CCC(C)n1nnc(CCN)c1C(F)F. The van der Waals surface area contributed by atoms with E-state index in [1.807, 2.05) is 13.8 Å². The molecule has 86 valence electrons. The first kappa shape index (κ1) is 12.0. The lowest BCUT2D eigenvalue weighted by atomic mass is 10.2. The summed E-state index contributed by atoms with van der Waals surface area (Å²) in [6, 6.07) is -0.0620. The molecule has 6 heteroatoms. The molecule has 1 atom stereocenters. The Balaban J connectivity index is 3.06. The van der Waals surface area contributed by atoms with Crippen molar-refractivity contribution in [1.82, 2.24) is 15.0 Å². The van der Waals surface area contributed by atoms with Crippen LogP contribution in [0.15, 0.2) is 0 Å². The van der Waals surface area contributed by atoms with Gasteiger partial charge in [0.1, 0.15) is 5.69 Å². The van der Waals surface area contributed by atoms with Crippen LogP contribution >= 0.6 is 0 Å². The van der Waals surface area contributed by atoms with Gasteiger partial charge in [0, 0.05) is 6.42 Å². The largest absolute Gasteiger partial charge is 0.330 e. The molecule has 1 heterocycles. The lowest BCUT2D eigenvalue weighted by molar-refractivity contribution is 0.135. The van der Waals surface area contributed by atoms with Gasteiger partial charge in [-0.05, 0) is 19.9 Å². The maximum Gasteiger partial charge on any atom is 0.281 e. The summed E-state index contributed by atoms with van der Waals surface area (Å²) in [6.07, 6.45) is -1.46. The predicted molar refractivity (Wildman–Crippen MR) is 52.7 cm³/mol. The zero-order valence-corrected chi connectivity index (χ0v) is 8.95. The average Bonchev–Trinajstić information content (AvgIpc) is 2.61. The van der Waals surface area contributed by atoms with Crippen LogP contribution in [0.1, 0.15) is 44.1 Å². The van der Waals surface area contributed by atoms with Crippen molar-refractivity contribution < 1.29 is 8.78 Å². The van der Waals surface area contributed by atoms with E-state index >= 15 is 0 Å². The predicted octanol–water partition coefficient (Wildman–Crippen LogP) is 1.69. The third-order valence-electron chi connectivity index (χ3n) is 2.40. The van der Waals surface area contributed by atoms with Gasteiger partial charge in [-0.1, -0.05) is 12.1 Å². The number of hydrogen-bond donors (Lipinski definition) is 1. The van der Waals surface area contributed by atoms with Gasteiger partial charge in [-0.15, -0.1) is 5.10 Å². The Bertz CT molecular complexity index is 311. The molecular weight excluding hydrogens is 202 g/mol.